The third-order valence-corrected chi connectivity index (χ3v) is 4.38. The normalized spacial score (nSPS) is 10.7. The Labute approximate surface area is 157 Å². The molecule has 5 heteroatoms. The topological polar surface area (TPSA) is 41.1 Å². The summed E-state index contributed by atoms with van der Waals surface area (Å²) in [5, 5.41) is 3.26. The van der Waals surface area contributed by atoms with Crippen LogP contribution in [0.3, 0.4) is 0 Å². The summed E-state index contributed by atoms with van der Waals surface area (Å²) < 4.78 is 1.04. The second-order valence-electron chi connectivity index (χ2n) is 6.08. The van der Waals surface area contributed by atoms with Crippen LogP contribution in [-0.4, -0.2) is 16.0 Å². The molecule has 4 nitrogen and oxygen atoms in total. The smallest absolute Gasteiger partial charge is 0.229 e. The maximum absolute atomic E-state index is 4.70. The Morgan fingerprint density at radius 1 is 1.00 bits per heavy atom. The molecule has 0 bridgehead atoms. The highest BCUT2D eigenvalue weighted by molar-refractivity contribution is 9.10. The first-order valence-corrected chi connectivity index (χ1v) is 9.07. The van der Waals surface area contributed by atoms with E-state index in [2.05, 4.69) is 69.2 Å². The molecule has 0 aliphatic rings. The summed E-state index contributed by atoms with van der Waals surface area (Å²) in [4.78, 5) is 11.3. The number of aromatic nitrogens is 2. The largest absolute Gasteiger partial charge is 0.350 e. The van der Waals surface area contributed by atoms with E-state index < -0.39 is 0 Å². The molecule has 0 amide bonds. The third-order valence-electron chi connectivity index (χ3n) is 3.85. The molecular weight excluding hydrogens is 376 g/mol. The van der Waals surface area contributed by atoms with Gasteiger partial charge in [0.1, 0.15) is 5.82 Å². The Morgan fingerprint density at radius 3 is 2.40 bits per heavy atom. The summed E-state index contributed by atoms with van der Waals surface area (Å²) in [6, 6.07) is 20.7. The van der Waals surface area contributed by atoms with Crippen LogP contribution in [0.1, 0.15) is 19.4 Å². The van der Waals surface area contributed by atoms with Gasteiger partial charge in [0.15, 0.2) is 0 Å². The lowest BCUT2D eigenvalue weighted by molar-refractivity contribution is 0.672. The van der Waals surface area contributed by atoms with Crippen molar-refractivity contribution in [3.8, 4) is 0 Å². The Hall–Kier alpha value is -2.40. The van der Waals surface area contributed by atoms with Gasteiger partial charge in [-0.05, 0) is 49.7 Å². The van der Waals surface area contributed by atoms with Crippen LogP contribution in [-0.2, 0) is 6.54 Å². The second kappa shape index (κ2) is 8.12. The number of nitrogens with one attached hydrogen (secondary N) is 1. The van der Waals surface area contributed by atoms with E-state index in [9.17, 15) is 0 Å². The molecule has 3 rings (SSSR count). The van der Waals surface area contributed by atoms with Gasteiger partial charge in [0.25, 0.3) is 0 Å². The number of rotatable bonds is 6. The molecule has 0 radical (unpaired) electrons. The first kappa shape index (κ1) is 17.4. The van der Waals surface area contributed by atoms with Gasteiger partial charge in [-0.25, -0.2) is 4.98 Å². The number of nitrogens with zero attached hydrogens (tertiary/aromatic N) is 3. The van der Waals surface area contributed by atoms with Crippen molar-refractivity contribution in [2.75, 3.05) is 10.2 Å². The average molecular weight is 397 g/mol. The Balaban J connectivity index is 1.81. The molecule has 1 N–H and O–H groups in total. The number of hydrogen-bond acceptors (Lipinski definition) is 4. The molecule has 2 aromatic carbocycles. The minimum atomic E-state index is 0.329. The molecule has 0 aliphatic carbocycles. The quantitative estimate of drug-likeness (QED) is 0.605. The fraction of sp³-hybridized carbons (Fsp3) is 0.200. The van der Waals surface area contributed by atoms with E-state index in [0.29, 0.717) is 12.0 Å². The lowest BCUT2D eigenvalue weighted by atomic mass is 10.2. The number of hydrogen-bond donors (Lipinski definition) is 1. The molecule has 3 aromatic rings. The first-order valence-electron chi connectivity index (χ1n) is 8.28. The van der Waals surface area contributed by atoms with Gasteiger partial charge in [-0.3, -0.25) is 0 Å². The maximum Gasteiger partial charge on any atom is 0.229 e. The fourth-order valence-electron chi connectivity index (χ4n) is 2.54. The summed E-state index contributed by atoms with van der Waals surface area (Å²) in [6.07, 6.45) is 1.80. The van der Waals surface area contributed by atoms with Gasteiger partial charge in [-0.2, -0.15) is 4.98 Å². The second-order valence-corrected chi connectivity index (χ2v) is 6.99. The zero-order valence-electron chi connectivity index (χ0n) is 14.4. The SMILES string of the molecule is CC(C)N(Cc1ccccc1)c1ccnc(Nc2ccc(Br)cc2)n1. The summed E-state index contributed by atoms with van der Waals surface area (Å²) in [5.74, 6) is 1.51. The molecule has 0 fully saturated rings. The van der Waals surface area contributed by atoms with Crippen molar-refractivity contribution < 1.29 is 0 Å². The Morgan fingerprint density at radius 2 is 1.72 bits per heavy atom. The van der Waals surface area contributed by atoms with Crippen LogP contribution in [0.15, 0.2) is 71.3 Å². The first-order chi connectivity index (χ1) is 12.1. The van der Waals surface area contributed by atoms with Crippen molar-refractivity contribution in [2.45, 2.75) is 26.4 Å². The molecule has 128 valence electrons. The summed E-state index contributed by atoms with van der Waals surface area (Å²) in [5.41, 5.74) is 2.22. The number of benzene rings is 2. The zero-order chi connectivity index (χ0) is 17.6. The Bertz CT molecular complexity index is 803. The molecule has 0 unspecified atom stereocenters. The van der Waals surface area contributed by atoms with E-state index in [-0.39, 0.29) is 0 Å². The van der Waals surface area contributed by atoms with Crippen LogP contribution < -0.4 is 10.2 Å². The standard InChI is InChI=1S/C20H21BrN4/c1-15(2)25(14-16-6-4-3-5-7-16)19-12-13-22-20(24-19)23-18-10-8-17(21)9-11-18/h3-13,15H,14H2,1-2H3,(H,22,23,24). The molecule has 0 saturated heterocycles. The molecule has 1 heterocycles. The van der Waals surface area contributed by atoms with E-state index in [1.54, 1.807) is 6.20 Å². The van der Waals surface area contributed by atoms with Crippen LogP contribution in [0.25, 0.3) is 0 Å². The van der Waals surface area contributed by atoms with Crippen molar-refractivity contribution >= 4 is 33.4 Å². The summed E-state index contributed by atoms with van der Waals surface area (Å²) in [6.45, 7) is 5.16. The van der Waals surface area contributed by atoms with Gasteiger partial charge in [0.05, 0.1) is 0 Å². The van der Waals surface area contributed by atoms with E-state index >= 15 is 0 Å². The Kier molecular flexibility index (Phi) is 5.66. The van der Waals surface area contributed by atoms with Gasteiger partial charge in [-0.15, -0.1) is 0 Å². The van der Waals surface area contributed by atoms with Crippen LogP contribution in [0.5, 0.6) is 0 Å². The lowest BCUT2D eigenvalue weighted by Gasteiger charge is -2.28. The van der Waals surface area contributed by atoms with Gasteiger partial charge >= 0.3 is 0 Å². The van der Waals surface area contributed by atoms with Crippen LogP contribution in [0.2, 0.25) is 0 Å². The highest BCUT2D eigenvalue weighted by Crippen LogP contribution is 2.21. The van der Waals surface area contributed by atoms with Gasteiger partial charge in [-0.1, -0.05) is 46.3 Å². The molecule has 25 heavy (non-hydrogen) atoms. The predicted molar refractivity (Wildman–Crippen MR) is 107 cm³/mol. The van der Waals surface area contributed by atoms with Crippen LogP contribution >= 0.6 is 15.9 Å². The number of halogens is 1. The van der Waals surface area contributed by atoms with E-state index in [1.807, 2.05) is 36.4 Å². The van der Waals surface area contributed by atoms with Gasteiger partial charge in [0, 0.05) is 28.9 Å². The van der Waals surface area contributed by atoms with E-state index in [4.69, 9.17) is 4.98 Å². The van der Waals surface area contributed by atoms with E-state index in [0.717, 1.165) is 22.5 Å². The summed E-state index contributed by atoms with van der Waals surface area (Å²) >= 11 is 3.44. The van der Waals surface area contributed by atoms with Crippen molar-refractivity contribution in [3.05, 3.63) is 76.9 Å². The predicted octanol–water partition coefficient (Wildman–Crippen LogP) is 5.40. The molecule has 0 aliphatic heterocycles. The minimum absolute atomic E-state index is 0.329. The van der Waals surface area contributed by atoms with Crippen LogP contribution in [0.4, 0.5) is 17.5 Å². The summed E-state index contributed by atoms with van der Waals surface area (Å²) in [7, 11) is 0. The molecule has 0 atom stereocenters. The highest BCUT2D eigenvalue weighted by Gasteiger charge is 2.13. The monoisotopic (exact) mass is 396 g/mol. The van der Waals surface area contributed by atoms with E-state index in [1.165, 1.54) is 5.56 Å². The van der Waals surface area contributed by atoms with Crippen molar-refractivity contribution in [2.24, 2.45) is 0 Å². The zero-order valence-corrected chi connectivity index (χ0v) is 15.9. The van der Waals surface area contributed by atoms with Gasteiger partial charge in [0.2, 0.25) is 5.95 Å². The van der Waals surface area contributed by atoms with Crippen LogP contribution in [0, 0.1) is 0 Å². The minimum Gasteiger partial charge on any atom is -0.350 e. The lowest BCUT2D eigenvalue weighted by Crippen LogP contribution is -2.31. The molecular formula is C20H21BrN4. The van der Waals surface area contributed by atoms with Gasteiger partial charge < -0.3 is 10.2 Å². The molecule has 0 spiro atoms. The highest BCUT2D eigenvalue weighted by atomic mass is 79.9. The van der Waals surface area contributed by atoms with Crippen molar-refractivity contribution in [1.82, 2.24) is 9.97 Å². The molecule has 0 saturated carbocycles. The van der Waals surface area contributed by atoms with Crippen molar-refractivity contribution in [1.29, 1.82) is 0 Å². The molecule has 1 aromatic heterocycles. The fourth-order valence-corrected chi connectivity index (χ4v) is 2.80. The average Bonchev–Trinajstić information content (AvgIpc) is 2.62. The maximum atomic E-state index is 4.70. The third kappa shape index (κ3) is 4.79. The van der Waals surface area contributed by atoms with Crippen molar-refractivity contribution in [3.63, 3.8) is 0 Å². The number of anilines is 3.